The van der Waals surface area contributed by atoms with Gasteiger partial charge in [-0.1, -0.05) is 46.9 Å². The summed E-state index contributed by atoms with van der Waals surface area (Å²) in [5, 5.41) is 10.3. The highest BCUT2D eigenvalue weighted by Crippen LogP contribution is 2.45. The Morgan fingerprint density at radius 2 is 2.33 bits per heavy atom. The normalized spacial score (nSPS) is 27.1. The molecule has 1 nitrogen and oxygen atoms in total. The molecule has 2 rings (SSSR count). The van der Waals surface area contributed by atoms with E-state index in [4.69, 9.17) is 11.6 Å². The van der Waals surface area contributed by atoms with Crippen LogP contribution in [0.2, 0.25) is 5.02 Å². The van der Waals surface area contributed by atoms with Crippen LogP contribution in [-0.4, -0.2) is 0 Å². The Labute approximate surface area is 122 Å². The topological polar surface area (TPSA) is 23.8 Å². The first-order valence-electron chi connectivity index (χ1n) is 6.44. The maximum atomic E-state index is 9.53. The molecule has 1 aromatic carbocycles. The first-order chi connectivity index (χ1) is 8.58. The summed E-state index contributed by atoms with van der Waals surface area (Å²) in [5.74, 6) is 0.707. The summed E-state index contributed by atoms with van der Waals surface area (Å²) in [5.41, 5.74) is 0.899. The van der Waals surface area contributed by atoms with E-state index in [-0.39, 0.29) is 5.41 Å². The number of nitrogens with zero attached hydrogens (tertiary/aromatic N) is 1. The Kier molecular flexibility index (Phi) is 4.35. The predicted molar refractivity (Wildman–Crippen MR) is 78.5 cm³/mol. The van der Waals surface area contributed by atoms with Crippen molar-refractivity contribution in [2.75, 3.05) is 0 Å². The summed E-state index contributed by atoms with van der Waals surface area (Å²) in [6, 6.07) is 8.50. The van der Waals surface area contributed by atoms with Gasteiger partial charge in [-0.05, 0) is 49.3 Å². The van der Waals surface area contributed by atoms with Crippen molar-refractivity contribution >= 4 is 27.5 Å². The number of hydrogen-bond acceptors (Lipinski definition) is 1. The molecule has 0 saturated heterocycles. The Morgan fingerprint density at radius 1 is 1.56 bits per heavy atom. The Bertz CT molecular complexity index is 480. The molecule has 0 aromatic heterocycles. The van der Waals surface area contributed by atoms with Crippen molar-refractivity contribution in [1.82, 2.24) is 0 Å². The highest BCUT2D eigenvalue weighted by Gasteiger charge is 2.39. The van der Waals surface area contributed by atoms with Crippen LogP contribution in [0.1, 0.15) is 38.2 Å². The maximum Gasteiger partial charge on any atom is 0.0693 e. The molecule has 0 N–H and O–H groups in total. The molecule has 0 spiro atoms. The van der Waals surface area contributed by atoms with Crippen molar-refractivity contribution in [3.63, 3.8) is 0 Å². The molecule has 0 amide bonds. The van der Waals surface area contributed by atoms with Crippen molar-refractivity contribution in [1.29, 1.82) is 5.26 Å². The van der Waals surface area contributed by atoms with Crippen molar-refractivity contribution < 1.29 is 0 Å². The van der Waals surface area contributed by atoms with Crippen LogP contribution < -0.4 is 0 Å². The van der Waals surface area contributed by atoms with E-state index in [9.17, 15) is 5.26 Å². The molecule has 1 aliphatic rings. The van der Waals surface area contributed by atoms with Crippen molar-refractivity contribution in [3.05, 3.63) is 33.3 Å². The van der Waals surface area contributed by atoms with Crippen LogP contribution in [0.25, 0.3) is 0 Å². The van der Waals surface area contributed by atoms with E-state index in [0.717, 1.165) is 34.3 Å². The molecule has 1 saturated carbocycles. The summed E-state index contributed by atoms with van der Waals surface area (Å²) in [4.78, 5) is 0. The zero-order valence-electron chi connectivity index (χ0n) is 10.5. The summed E-state index contributed by atoms with van der Waals surface area (Å²) in [7, 11) is 0. The van der Waals surface area contributed by atoms with Crippen molar-refractivity contribution in [2.24, 2.45) is 11.3 Å². The zero-order valence-corrected chi connectivity index (χ0v) is 12.9. The molecule has 0 bridgehead atoms. The van der Waals surface area contributed by atoms with Crippen LogP contribution in [0.15, 0.2) is 22.7 Å². The number of halogens is 2. The quantitative estimate of drug-likeness (QED) is 0.733. The van der Waals surface area contributed by atoms with Crippen LogP contribution in [0.4, 0.5) is 0 Å². The fourth-order valence-corrected chi connectivity index (χ4v) is 3.66. The summed E-state index contributed by atoms with van der Waals surface area (Å²) in [6.45, 7) is 2.21. The van der Waals surface area contributed by atoms with E-state index in [1.807, 2.05) is 18.2 Å². The molecule has 96 valence electrons. The summed E-state index contributed by atoms with van der Waals surface area (Å²) >= 11 is 9.67. The minimum atomic E-state index is -0.196. The standard InChI is InChI=1S/C15H17BrClN/c1-2-11-5-6-15(8-11,10-18)9-12-3-4-13(16)7-14(12)17/h3-4,7,11H,2,5-6,8-9H2,1H3. The van der Waals surface area contributed by atoms with Gasteiger partial charge >= 0.3 is 0 Å². The van der Waals surface area contributed by atoms with Gasteiger partial charge < -0.3 is 0 Å². The molecule has 1 aliphatic carbocycles. The molecule has 3 heteroatoms. The van der Waals surface area contributed by atoms with Gasteiger partial charge in [0, 0.05) is 9.50 Å². The van der Waals surface area contributed by atoms with E-state index < -0.39 is 0 Å². The fraction of sp³-hybridized carbons (Fsp3) is 0.533. The molecule has 18 heavy (non-hydrogen) atoms. The number of rotatable bonds is 3. The van der Waals surface area contributed by atoms with Gasteiger partial charge in [-0.15, -0.1) is 0 Å². The third-order valence-electron chi connectivity index (χ3n) is 4.07. The summed E-state index contributed by atoms with van der Waals surface area (Å²) < 4.78 is 0.986. The lowest BCUT2D eigenvalue weighted by Gasteiger charge is -2.21. The molecule has 2 unspecified atom stereocenters. The second-order valence-electron chi connectivity index (χ2n) is 5.32. The SMILES string of the molecule is CCC1CCC(C#N)(Cc2ccc(Br)cc2Cl)C1. The van der Waals surface area contributed by atoms with Gasteiger partial charge in [0.1, 0.15) is 0 Å². The molecule has 1 aromatic rings. The molecule has 2 atom stereocenters. The first kappa shape index (κ1) is 13.9. The van der Waals surface area contributed by atoms with E-state index in [0.29, 0.717) is 5.92 Å². The van der Waals surface area contributed by atoms with Crippen LogP contribution in [0.3, 0.4) is 0 Å². The van der Waals surface area contributed by atoms with Crippen molar-refractivity contribution in [3.8, 4) is 6.07 Å². The largest absolute Gasteiger partial charge is 0.198 e. The number of nitriles is 1. The van der Waals surface area contributed by atoms with Gasteiger partial charge in [0.2, 0.25) is 0 Å². The van der Waals surface area contributed by atoms with Gasteiger partial charge in [0.05, 0.1) is 11.5 Å². The highest BCUT2D eigenvalue weighted by atomic mass is 79.9. The second kappa shape index (κ2) is 5.63. The van der Waals surface area contributed by atoms with Crippen molar-refractivity contribution in [2.45, 2.75) is 39.0 Å². The number of benzene rings is 1. The second-order valence-corrected chi connectivity index (χ2v) is 6.64. The zero-order chi connectivity index (χ0) is 13.2. The molecule has 1 fully saturated rings. The molecular formula is C15H17BrClN. The van der Waals surface area contributed by atoms with E-state index in [1.54, 1.807) is 0 Å². The number of hydrogen-bond donors (Lipinski definition) is 0. The fourth-order valence-electron chi connectivity index (χ4n) is 2.92. The van der Waals surface area contributed by atoms with Crippen LogP contribution in [0, 0.1) is 22.7 Å². The van der Waals surface area contributed by atoms with Gasteiger partial charge in [-0.25, -0.2) is 0 Å². The Morgan fingerprint density at radius 3 is 2.89 bits per heavy atom. The predicted octanol–water partition coefficient (Wildman–Crippen LogP) is 5.37. The minimum Gasteiger partial charge on any atom is -0.198 e. The molecule has 0 heterocycles. The first-order valence-corrected chi connectivity index (χ1v) is 7.61. The highest BCUT2D eigenvalue weighted by molar-refractivity contribution is 9.10. The molecule has 0 radical (unpaired) electrons. The smallest absolute Gasteiger partial charge is 0.0693 e. The van der Waals surface area contributed by atoms with Gasteiger partial charge in [0.25, 0.3) is 0 Å². The van der Waals surface area contributed by atoms with E-state index >= 15 is 0 Å². The Hall–Kier alpha value is -0.520. The van der Waals surface area contributed by atoms with Crippen LogP contribution in [-0.2, 0) is 6.42 Å². The lowest BCUT2D eigenvalue weighted by Crippen LogP contribution is -2.18. The Balaban J connectivity index is 2.19. The third kappa shape index (κ3) is 2.90. The van der Waals surface area contributed by atoms with Gasteiger partial charge in [0.15, 0.2) is 0 Å². The maximum absolute atomic E-state index is 9.53. The average Bonchev–Trinajstić information content (AvgIpc) is 2.77. The van der Waals surface area contributed by atoms with E-state index in [2.05, 4.69) is 28.9 Å². The monoisotopic (exact) mass is 325 g/mol. The lowest BCUT2D eigenvalue weighted by molar-refractivity contribution is 0.381. The lowest BCUT2D eigenvalue weighted by atomic mass is 9.80. The van der Waals surface area contributed by atoms with E-state index in [1.165, 1.54) is 12.8 Å². The average molecular weight is 327 g/mol. The minimum absolute atomic E-state index is 0.196. The molecule has 0 aliphatic heterocycles. The van der Waals surface area contributed by atoms with Crippen LogP contribution >= 0.6 is 27.5 Å². The summed E-state index contributed by atoms with van der Waals surface area (Å²) in [6.07, 6.45) is 5.17. The van der Waals surface area contributed by atoms with Gasteiger partial charge in [-0.3, -0.25) is 0 Å². The third-order valence-corrected chi connectivity index (χ3v) is 4.91. The van der Waals surface area contributed by atoms with Gasteiger partial charge in [-0.2, -0.15) is 5.26 Å². The molecular weight excluding hydrogens is 310 g/mol. The van der Waals surface area contributed by atoms with Crippen LogP contribution in [0.5, 0.6) is 0 Å².